The lowest BCUT2D eigenvalue weighted by atomic mass is 10.0. The van der Waals surface area contributed by atoms with Gasteiger partial charge < -0.3 is 0 Å². The predicted octanol–water partition coefficient (Wildman–Crippen LogP) is 6.09. The van der Waals surface area contributed by atoms with Crippen LogP contribution in [0.15, 0.2) is 36.4 Å². The molecule has 0 saturated heterocycles. The quantitative estimate of drug-likeness (QED) is 0.523. The number of benzene rings is 1. The van der Waals surface area contributed by atoms with Crippen molar-refractivity contribution in [2.45, 2.75) is 58.3 Å². The van der Waals surface area contributed by atoms with Gasteiger partial charge in [-0.3, -0.25) is 0 Å². The average molecular weight is 317 g/mol. The minimum atomic E-state index is 0.484. The largest absolute Gasteiger partial charge is 0.152 e. The van der Waals surface area contributed by atoms with Gasteiger partial charge in [0, 0.05) is 5.56 Å². The molecule has 0 fully saturated rings. The number of rotatable bonds is 9. The molecule has 118 valence electrons. The van der Waals surface area contributed by atoms with Crippen LogP contribution >= 0.6 is 11.6 Å². The van der Waals surface area contributed by atoms with Crippen molar-refractivity contribution in [2.24, 2.45) is 0 Å². The van der Waals surface area contributed by atoms with Crippen LogP contribution in [0.5, 0.6) is 0 Å². The maximum absolute atomic E-state index is 6.03. The summed E-state index contributed by atoms with van der Waals surface area (Å²) in [5.74, 6) is 0. The van der Waals surface area contributed by atoms with Gasteiger partial charge in [-0.1, -0.05) is 87.4 Å². The monoisotopic (exact) mass is 316 g/mol. The Kier molecular flexibility index (Phi) is 7.38. The first-order valence-corrected chi connectivity index (χ1v) is 8.76. The van der Waals surface area contributed by atoms with Gasteiger partial charge in [-0.2, -0.15) is 0 Å². The summed E-state index contributed by atoms with van der Waals surface area (Å²) in [6.45, 7) is 2.26. The van der Waals surface area contributed by atoms with E-state index in [2.05, 4.69) is 29.3 Å². The van der Waals surface area contributed by atoms with E-state index < -0.39 is 0 Å². The molecule has 1 aromatic carbocycles. The van der Waals surface area contributed by atoms with Gasteiger partial charge in [-0.25, -0.2) is 0 Å². The summed E-state index contributed by atoms with van der Waals surface area (Å²) in [6.07, 6.45) is 10.2. The van der Waals surface area contributed by atoms with Crippen molar-refractivity contribution < 1.29 is 0 Å². The normalized spacial score (nSPS) is 10.8. The molecule has 0 radical (unpaired) electrons. The second kappa shape index (κ2) is 9.58. The highest BCUT2D eigenvalue weighted by Crippen LogP contribution is 2.24. The fraction of sp³-hybridized carbons (Fsp3) is 0.474. The van der Waals surface area contributed by atoms with E-state index in [-0.39, 0.29) is 0 Å². The van der Waals surface area contributed by atoms with Crippen molar-refractivity contribution in [3.63, 3.8) is 0 Å². The lowest BCUT2D eigenvalue weighted by molar-refractivity contribution is 0.589. The maximum atomic E-state index is 6.03. The minimum absolute atomic E-state index is 0.484. The zero-order valence-corrected chi connectivity index (χ0v) is 14.1. The molecule has 22 heavy (non-hydrogen) atoms. The second-order valence-corrected chi connectivity index (χ2v) is 6.17. The molecular weight excluding hydrogens is 292 g/mol. The highest BCUT2D eigenvalue weighted by atomic mass is 35.5. The molecule has 2 aromatic rings. The zero-order chi connectivity index (χ0) is 15.6. The molecule has 0 atom stereocenters. The highest BCUT2D eigenvalue weighted by Gasteiger charge is 2.08. The van der Waals surface area contributed by atoms with Gasteiger partial charge in [0.15, 0.2) is 5.15 Å². The van der Waals surface area contributed by atoms with Crippen molar-refractivity contribution in [2.75, 3.05) is 0 Å². The molecule has 0 saturated carbocycles. The number of aromatic nitrogens is 2. The van der Waals surface area contributed by atoms with E-state index in [1.807, 2.05) is 24.3 Å². The van der Waals surface area contributed by atoms with Gasteiger partial charge >= 0.3 is 0 Å². The van der Waals surface area contributed by atoms with Gasteiger partial charge in [0.1, 0.15) is 0 Å². The maximum Gasteiger partial charge on any atom is 0.152 e. The van der Waals surface area contributed by atoms with Crippen LogP contribution in [0.4, 0.5) is 0 Å². The number of halogens is 1. The van der Waals surface area contributed by atoms with Gasteiger partial charge in [0.05, 0.1) is 5.69 Å². The Labute approximate surface area is 138 Å². The van der Waals surface area contributed by atoms with Crippen molar-refractivity contribution in [1.82, 2.24) is 10.2 Å². The summed E-state index contributed by atoms with van der Waals surface area (Å²) in [5.41, 5.74) is 3.29. The molecule has 2 rings (SSSR count). The molecule has 1 heterocycles. The Morgan fingerprint density at radius 2 is 1.55 bits per heavy atom. The summed E-state index contributed by atoms with van der Waals surface area (Å²) in [4.78, 5) is 0. The lowest BCUT2D eigenvalue weighted by Gasteiger charge is -2.08. The van der Waals surface area contributed by atoms with Gasteiger partial charge in [0.2, 0.25) is 0 Å². The molecule has 1 aromatic heterocycles. The Bertz CT molecular complexity index is 555. The predicted molar refractivity (Wildman–Crippen MR) is 94.2 cm³/mol. The fourth-order valence-electron chi connectivity index (χ4n) is 2.71. The molecule has 0 aliphatic carbocycles. The first kappa shape index (κ1) is 17.0. The molecule has 0 N–H and O–H groups in total. The summed E-state index contributed by atoms with van der Waals surface area (Å²) >= 11 is 6.03. The van der Waals surface area contributed by atoms with Crippen molar-refractivity contribution in [3.8, 4) is 11.3 Å². The van der Waals surface area contributed by atoms with E-state index in [0.29, 0.717) is 5.15 Å². The Balaban J connectivity index is 1.91. The number of hydrogen-bond acceptors (Lipinski definition) is 2. The second-order valence-electron chi connectivity index (χ2n) is 5.78. The summed E-state index contributed by atoms with van der Waals surface area (Å²) < 4.78 is 0. The molecule has 0 aliphatic rings. The van der Waals surface area contributed by atoms with Crippen LogP contribution in [0.25, 0.3) is 11.3 Å². The summed E-state index contributed by atoms with van der Waals surface area (Å²) in [6, 6.07) is 12.2. The van der Waals surface area contributed by atoms with Crippen LogP contribution in [0.1, 0.15) is 57.4 Å². The number of unbranched alkanes of at least 4 members (excludes halogenated alkanes) is 6. The molecular formula is C19H25ClN2. The average Bonchev–Trinajstić information content (AvgIpc) is 2.55. The SMILES string of the molecule is CCCCCCCCCc1cc(Cl)nnc1-c1ccccc1. The third-order valence-corrected chi connectivity index (χ3v) is 4.12. The first-order valence-electron chi connectivity index (χ1n) is 8.38. The molecule has 0 bridgehead atoms. The molecule has 2 nitrogen and oxygen atoms in total. The Morgan fingerprint density at radius 1 is 0.864 bits per heavy atom. The fourth-order valence-corrected chi connectivity index (χ4v) is 2.87. The molecule has 0 unspecified atom stereocenters. The van der Waals surface area contributed by atoms with Gasteiger partial charge in [-0.05, 0) is 24.5 Å². The third-order valence-electron chi connectivity index (χ3n) is 3.94. The van der Waals surface area contributed by atoms with Crippen LogP contribution < -0.4 is 0 Å². The Hall–Kier alpha value is -1.41. The highest BCUT2D eigenvalue weighted by molar-refractivity contribution is 6.29. The smallest absolute Gasteiger partial charge is 0.149 e. The van der Waals surface area contributed by atoms with Crippen molar-refractivity contribution in [1.29, 1.82) is 0 Å². The third kappa shape index (κ3) is 5.42. The van der Waals surface area contributed by atoms with E-state index in [1.54, 1.807) is 0 Å². The van der Waals surface area contributed by atoms with E-state index in [9.17, 15) is 0 Å². The van der Waals surface area contributed by atoms with Crippen LogP contribution in [-0.4, -0.2) is 10.2 Å². The number of nitrogens with zero attached hydrogens (tertiary/aromatic N) is 2. The van der Waals surface area contributed by atoms with Crippen LogP contribution in [-0.2, 0) is 6.42 Å². The lowest BCUT2D eigenvalue weighted by Crippen LogP contribution is -1.97. The molecule has 3 heteroatoms. The molecule has 0 spiro atoms. The summed E-state index contributed by atoms with van der Waals surface area (Å²) in [7, 11) is 0. The van der Waals surface area contributed by atoms with E-state index >= 15 is 0 Å². The van der Waals surface area contributed by atoms with E-state index in [0.717, 1.165) is 17.7 Å². The van der Waals surface area contributed by atoms with E-state index in [4.69, 9.17) is 11.6 Å². The summed E-state index contributed by atoms with van der Waals surface area (Å²) in [5, 5.41) is 8.80. The standard InChI is InChI=1S/C19H25ClN2/c1-2-3-4-5-6-7-9-14-17-15-18(20)21-22-19(17)16-12-10-8-11-13-16/h8,10-13,15H,2-7,9,14H2,1H3. The van der Waals surface area contributed by atoms with Gasteiger partial charge in [0.25, 0.3) is 0 Å². The van der Waals surface area contributed by atoms with Crippen molar-refractivity contribution >= 4 is 11.6 Å². The van der Waals surface area contributed by atoms with Crippen LogP contribution in [0.3, 0.4) is 0 Å². The van der Waals surface area contributed by atoms with Crippen LogP contribution in [0, 0.1) is 0 Å². The van der Waals surface area contributed by atoms with E-state index in [1.165, 1.54) is 50.5 Å². The minimum Gasteiger partial charge on any atom is -0.149 e. The number of aryl methyl sites for hydroxylation is 1. The number of hydrogen-bond donors (Lipinski definition) is 0. The van der Waals surface area contributed by atoms with Crippen LogP contribution in [0.2, 0.25) is 5.15 Å². The first-order chi connectivity index (χ1) is 10.8. The van der Waals surface area contributed by atoms with Crippen molar-refractivity contribution in [3.05, 3.63) is 47.1 Å². The van der Waals surface area contributed by atoms with Gasteiger partial charge in [-0.15, -0.1) is 10.2 Å². The molecule has 0 aliphatic heterocycles. The Morgan fingerprint density at radius 3 is 2.27 bits per heavy atom. The zero-order valence-electron chi connectivity index (χ0n) is 13.4. The topological polar surface area (TPSA) is 25.8 Å². The molecule has 0 amide bonds.